The summed E-state index contributed by atoms with van der Waals surface area (Å²) in [5, 5.41) is 4.08. The molecule has 7 nitrogen and oxygen atoms in total. The number of nitrogens with zero attached hydrogens (tertiary/aromatic N) is 6. The van der Waals surface area contributed by atoms with Crippen molar-refractivity contribution in [2.24, 2.45) is 0 Å². The molecule has 1 saturated heterocycles. The number of hydrogen-bond acceptors (Lipinski definition) is 7. The summed E-state index contributed by atoms with van der Waals surface area (Å²) in [6.45, 7) is 3.69. The molecule has 0 N–H and O–H groups in total. The van der Waals surface area contributed by atoms with E-state index >= 15 is 0 Å². The lowest BCUT2D eigenvalue weighted by molar-refractivity contribution is 0.333. The van der Waals surface area contributed by atoms with E-state index < -0.39 is 0 Å². The zero-order valence-electron chi connectivity index (χ0n) is 17.8. The van der Waals surface area contributed by atoms with E-state index in [9.17, 15) is 4.39 Å². The van der Waals surface area contributed by atoms with Crippen LogP contribution >= 0.6 is 0 Å². The minimum atomic E-state index is -0.322. The van der Waals surface area contributed by atoms with Crippen molar-refractivity contribution in [1.82, 2.24) is 25.1 Å². The summed E-state index contributed by atoms with van der Waals surface area (Å²) >= 11 is 0. The molecule has 4 aromatic rings. The Morgan fingerprint density at radius 2 is 2.00 bits per heavy atom. The molecule has 0 saturated carbocycles. The Morgan fingerprint density at radius 1 is 1.06 bits per heavy atom. The van der Waals surface area contributed by atoms with Gasteiger partial charge in [0.1, 0.15) is 17.3 Å². The van der Waals surface area contributed by atoms with Crippen LogP contribution < -0.4 is 4.90 Å². The highest BCUT2D eigenvalue weighted by atomic mass is 19.1. The minimum absolute atomic E-state index is 0.0805. The molecule has 1 aromatic carbocycles. The van der Waals surface area contributed by atoms with Gasteiger partial charge in [0.25, 0.3) is 0 Å². The number of pyridine rings is 1. The van der Waals surface area contributed by atoms with Gasteiger partial charge >= 0.3 is 0 Å². The molecule has 0 amide bonds. The zero-order chi connectivity index (χ0) is 21.9. The third-order valence-electron chi connectivity index (χ3n) is 5.64. The lowest BCUT2D eigenvalue weighted by Crippen LogP contribution is -2.35. The Balaban J connectivity index is 1.40. The predicted molar refractivity (Wildman–Crippen MR) is 119 cm³/mol. The number of hydrogen-bond donors (Lipinski definition) is 0. The van der Waals surface area contributed by atoms with Gasteiger partial charge in [-0.1, -0.05) is 30.3 Å². The average Bonchev–Trinajstić information content (AvgIpc) is 3.35. The van der Waals surface area contributed by atoms with E-state index in [0.717, 1.165) is 43.0 Å². The minimum Gasteiger partial charge on any atom is -0.356 e. The molecule has 8 heteroatoms. The second-order valence-corrected chi connectivity index (χ2v) is 7.86. The van der Waals surface area contributed by atoms with Gasteiger partial charge in [-0.2, -0.15) is 4.98 Å². The number of benzene rings is 1. The first kappa shape index (κ1) is 20.2. The molecule has 0 radical (unpaired) electrons. The standard InChI is InChI=1S/C24H23FN6O/c1-2-19-14-21(28-23(27-19)20-10-3-4-11-26-20)31-12-6-8-17(15-31)24-29-22(30-32-24)16-7-5-9-18(25)13-16/h3-5,7,9-11,13-14,17H,2,6,8,12,15H2,1H3. The van der Waals surface area contributed by atoms with Gasteiger partial charge in [-0.3, -0.25) is 4.98 Å². The molecule has 3 aromatic heterocycles. The van der Waals surface area contributed by atoms with Crippen molar-refractivity contribution in [3.8, 4) is 22.9 Å². The van der Waals surface area contributed by atoms with Gasteiger partial charge in [-0.05, 0) is 43.5 Å². The van der Waals surface area contributed by atoms with Crippen molar-refractivity contribution in [3.05, 3.63) is 72.1 Å². The van der Waals surface area contributed by atoms with Gasteiger partial charge in [0.05, 0.1) is 5.92 Å². The zero-order valence-corrected chi connectivity index (χ0v) is 17.8. The summed E-state index contributed by atoms with van der Waals surface area (Å²) in [5.41, 5.74) is 2.34. The van der Waals surface area contributed by atoms with Gasteiger partial charge < -0.3 is 9.42 Å². The monoisotopic (exact) mass is 430 g/mol. The molecule has 1 aliphatic rings. The number of aromatic nitrogens is 5. The molecule has 1 fully saturated rings. The first-order chi connectivity index (χ1) is 15.7. The van der Waals surface area contributed by atoms with E-state index in [1.54, 1.807) is 18.3 Å². The van der Waals surface area contributed by atoms with Crippen molar-refractivity contribution >= 4 is 5.82 Å². The largest absolute Gasteiger partial charge is 0.356 e. The fourth-order valence-electron chi connectivity index (χ4n) is 3.97. The fourth-order valence-corrected chi connectivity index (χ4v) is 3.97. The normalized spacial score (nSPS) is 16.3. The van der Waals surface area contributed by atoms with Crippen molar-refractivity contribution in [2.75, 3.05) is 18.0 Å². The molecule has 1 unspecified atom stereocenters. The van der Waals surface area contributed by atoms with E-state index in [0.29, 0.717) is 29.6 Å². The molecular formula is C24H23FN6O. The maximum atomic E-state index is 13.6. The molecule has 0 aliphatic carbocycles. The van der Waals surface area contributed by atoms with Crippen LogP contribution in [0.5, 0.6) is 0 Å². The molecule has 0 bridgehead atoms. The van der Waals surface area contributed by atoms with Crippen LogP contribution in [0.1, 0.15) is 37.3 Å². The van der Waals surface area contributed by atoms with Gasteiger partial charge in [-0.15, -0.1) is 0 Å². The highest BCUT2D eigenvalue weighted by Crippen LogP contribution is 2.30. The molecule has 5 rings (SSSR count). The van der Waals surface area contributed by atoms with Gasteiger partial charge in [0.15, 0.2) is 5.82 Å². The van der Waals surface area contributed by atoms with Crippen LogP contribution in [-0.2, 0) is 6.42 Å². The Bertz CT molecular complexity index is 1210. The van der Waals surface area contributed by atoms with Crippen LogP contribution in [0.25, 0.3) is 22.9 Å². The van der Waals surface area contributed by atoms with Crippen molar-refractivity contribution in [3.63, 3.8) is 0 Å². The summed E-state index contributed by atoms with van der Waals surface area (Å²) in [7, 11) is 0. The number of anilines is 1. The van der Waals surface area contributed by atoms with E-state index in [1.165, 1.54) is 12.1 Å². The summed E-state index contributed by atoms with van der Waals surface area (Å²) in [6.07, 6.45) is 4.49. The Labute approximate surface area is 185 Å². The molecule has 1 atom stereocenters. The van der Waals surface area contributed by atoms with Crippen LogP contribution in [0.3, 0.4) is 0 Å². The number of halogens is 1. The first-order valence-electron chi connectivity index (χ1n) is 10.8. The second-order valence-electron chi connectivity index (χ2n) is 7.86. The third kappa shape index (κ3) is 4.21. The number of aryl methyl sites for hydroxylation is 1. The predicted octanol–water partition coefficient (Wildman–Crippen LogP) is 4.67. The van der Waals surface area contributed by atoms with E-state index in [2.05, 4.69) is 31.9 Å². The lowest BCUT2D eigenvalue weighted by atomic mass is 9.98. The van der Waals surface area contributed by atoms with Crippen LogP contribution in [0.2, 0.25) is 0 Å². The molecule has 32 heavy (non-hydrogen) atoms. The van der Waals surface area contributed by atoms with E-state index in [1.807, 2.05) is 24.3 Å². The molecular weight excluding hydrogens is 407 g/mol. The lowest BCUT2D eigenvalue weighted by Gasteiger charge is -2.32. The maximum Gasteiger partial charge on any atom is 0.231 e. The molecule has 162 valence electrons. The van der Waals surface area contributed by atoms with Gasteiger partial charge in [0.2, 0.25) is 11.7 Å². The van der Waals surface area contributed by atoms with Crippen molar-refractivity contribution < 1.29 is 8.91 Å². The molecule has 0 spiro atoms. The number of rotatable bonds is 5. The molecule has 4 heterocycles. The maximum absolute atomic E-state index is 13.6. The fraction of sp³-hybridized carbons (Fsp3) is 0.292. The van der Waals surface area contributed by atoms with Crippen LogP contribution in [-0.4, -0.2) is 38.2 Å². The summed E-state index contributed by atoms with van der Waals surface area (Å²) < 4.78 is 19.1. The van der Waals surface area contributed by atoms with Crippen LogP contribution in [0, 0.1) is 5.82 Å². The second kappa shape index (κ2) is 8.82. The Kier molecular flexibility index (Phi) is 5.58. The average molecular weight is 430 g/mol. The first-order valence-corrected chi connectivity index (χ1v) is 10.8. The van der Waals surface area contributed by atoms with Crippen LogP contribution in [0.15, 0.2) is 59.3 Å². The Morgan fingerprint density at radius 3 is 2.81 bits per heavy atom. The third-order valence-corrected chi connectivity index (χ3v) is 5.64. The van der Waals surface area contributed by atoms with Crippen molar-refractivity contribution in [1.29, 1.82) is 0 Å². The quantitative estimate of drug-likeness (QED) is 0.455. The van der Waals surface area contributed by atoms with Crippen molar-refractivity contribution in [2.45, 2.75) is 32.1 Å². The smallest absolute Gasteiger partial charge is 0.231 e. The SMILES string of the molecule is CCc1cc(N2CCCC(c3nc(-c4cccc(F)c4)no3)C2)nc(-c2ccccn2)n1. The van der Waals surface area contributed by atoms with Crippen LogP contribution in [0.4, 0.5) is 10.2 Å². The summed E-state index contributed by atoms with van der Waals surface area (Å²) in [5.74, 6) is 2.25. The Hall–Kier alpha value is -3.68. The van der Waals surface area contributed by atoms with E-state index in [-0.39, 0.29) is 11.7 Å². The molecule has 1 aliphatic heterocycles. The highest BCUT2D eigenvalue weighted by molar-refractivity contribution is 5.55. The summed E-state index contributed by atoms with van der Waals surface area (Å²) in [4.78, 5) is 20.7. The van der Waals surface area contributed by atoms with Gasteiger partial charge in [-0.25, -0.2) is 14.4 Å². The highest BCUT2D eigenvalue weighted by Gasteiger charge is 2.27. The summed E-state index contributed by atoms with van der Waals surface area (Å²) in [6, 6.07) is 14.0. The van der Waals surface area contributed by atoms with E-state index in [4.69, 9.17) is 9.51 Å². The topological polar surface area (TPSA) is 80.8 Å². The number of piperidine rings is 1. The van der Waals surface area contributed by atoms with Gasteiger partial charge in [0, 0.05) is 36.6 Å².